The summed E-state index contributed by atoms with van der Waals surface area (Å²) < 4.78 is 10.4. The van der Waals surface area contributed by atoms with Crippen LogP contribution in [0.1, 0.15) is 48.7 Å². The minimum atomic E-state index is 0.0985. The molecule has 5 aromatic rings. The second-order valence-corrected chi connectivity index (χ2v) is 12.5. The Morgan fingerprint density at radius 2 is 1.98 bits per heavy atom. The van der Waals surface area contributed by atoms with Crippen LogP contribution >= 0.6 is 0 Å². The van der Waals surface area contributed by atoms with E-state index in [1.165, 1.54) is 30.2 Å². The molecule has 1 N–H and O–H groups in total. The summed E-state index contributed by atoms with van der Waals surface area (Å²) in [5.74, 6) is 3.57. The number of hydrogen-bond acceptors (Lipinski definition) is 4. The monoisotopic (exact) mass is 548 g/mol. The number of H-pyrrole nitrogens is 1. The maximum atomic E-state index is 13.7. The van der Waals surface area contributed by atoms with E-state index >= 15 is 0 Å². The van der Waals surface area contributed by atoms with Crippen LogP contribution in [-0.4, -0.2) is 54.8 Å². The number of nitrogens with zero attached hydrogens (tertiary/aromatic N) is 5. The number of amides is 1. The molecule has 0 spiro atoms. The molecule has 2 unspecified atom stereocenters. The molecule has 3 aromatic heterocycles. The highest BCUT2D eigenvalue weighted by molar-refractivity contribution is 6.00. The Morgan fingerprint density at radius 1 is 1.12 bits per heavy atom. The number of carbonyl (C=O) groups is 1. The topological polar surface area (TPSA) is 81.0 Å². The van der Waals surface area contributed by atoms with Crippen LogP contribution in [0, 0.1) is 24.7 Å². The molecule has 41 heavy (non-hydrogen) atoms. The van der Waals surface area contributed by atoms with Crippen LogP contribution in [0.4, 0.5) is 0 Å². The van der Waals surface area contributed by atoms with E-state index in [0.29, 0.717) is 35.1 Å². The molecule has 3 aliphatic rings. The largest absolute Gasteiger partial charge is 0.494 e. The van der Waals surface area contributed by atoms with Crippen molar-refractivity contribution in [3.63, 3.8) is 0 Å². The Hall–Kier alpha value is -4.07. The second-order valence-electron chi connectivity index (χ2n) is 12.5. The van der Waals surface area contributed by atoms with Crippen LogP contribution < -0.4 is 4.74 Å². The van der Waals surface area contributed by atoms with Gasteiger partial charge in [-0.15, -0.1) is 0 Å². The minimum Gasteiger partial charge on any atom is -0.494 e. The second kappa shape index (κ2) is 8.96. The SMILES string of the molecule is COc1cc(C(=O)N2CC3CCC2[C@@H]3C)cc2nc(-c3cc4ccc(-c5cn[nH]c5C)cc4n3CC3CC3)n(C)c12. The van der Waals surface area contributed by atoms with Gasteiger partial charge in [0.15, 0.2) is 5.82 Å². The molecular formula is C33H36N6O2. The Balaban J connectivity index is 1.25. The molecule has 3 fully saturated rings. The zero-order valence-electron chi connectivity index (χ0n) is 24.1. The highest BCUT2D eigenvalue weighted by Gasteiger charge is 2.46. The third kappa shape index (κ3) is 3.76. The quantitative estimate of drug-likeness (QED) is 0.275. The van der Waals surface area contributed by atoms with Crippen LogP contribution in [0.2, 0.25) is 0 Å². The molecule has 210 valence electrons. The third-order valence-electron chi connectivity index (χ3n) is 10.1. The number of rotatable bonds is 6. The van der Waals surface area contributed by atoms with E-state index in [1.807, 2.05) is 18.3 Å². The first-order chi connectivity index (χ1) is 19.9. The lowest BCUT2D eigenvalue weighted by atomic mass is 10.0. The number of hydrogen-bond donors (Lipinski definition) is 1. The van der Waals surface area contributed by atoms with Gasteiger partial charge in [-0.2, -0.15) is 5.10 Å². The van der Waals surface area contributed by atoms with Crippen LogP contribution in [0.3, 0.4) is 0 Å². The van der Waals surface area contributed by atoms with Crippen molar-refractivity contribution in [1.29, 1.82) is 0 Å². The standard InChI is InChI=1S/C33H36N6O2/c1-18-23-9-10-27(18)39(17-23)33(40)24-11-26-31(30(14-24)41-4)37(3)32(35-26)29-13-22-8-7-21(25-15-34-36-19(25)2)12-28(22)38(29)16-20-5-6-20/h7-8,11-15,18,20,23,27H,5-6,9-10,16-17H2,1-4H3,(H,34,36)/t18-,23?,27?/m1/s1. The Morgan fingerprint density at radius 3 is 2.66 bits per heavy atom. The lowest BCUT2D eigenvalue weighted by Gasteiger charge is -2.27. The highest BCUT2D eigenvalue weighted by atomic mass is 16.5. The van der Waals surface area contributed by atoms with Crippen molar-refractivity contribution in [2.75, 3.05) is 13.7 Å². The average molecular weight is 549 g/mol. The molecule has 4 heterocycles. The van der Waals surface area contributed by atoms with Gasteiger partial charge in [0.1, 0.15) is 11.3 Å². The average Bonchev–Trinajstić information content (AvgIpc) is 3.23. The summed E-state index contributed by atoms with van der Waals surface area (Å²) >= 11 is 0. The van der Waals surface area contributed by atoms with E-state index in [2.05, 4.69) is 69.4 Å². The van der Waals surface area contributed by atoms with Crippen LogP contribution in [0.5, 0.6) is 5.75 Å². The van der Waals surface area contributed by atoms with E-state index in [0.717, 1.165) is 58.9 Å². The molecule has 8 rings (SSSR count). The number of methoxy groups -OCH3 is 1. The summed E-state index contributed by atoms with van der Waals surface area (Å²) in [6.45, 7) is 6.18. The number of benzene rings is 2. The molecule has 2 saturated carbocycles. The van der Waals surface area contributed by atoms with Gasteiger partial charge in [0.2, 0.25) is 0 Å². The molecule has 1 aliphatic heterocycles. The van der Waals surface area contributed by atoms with Crippen LogP contribution in [0.15, 0.2) is 42.6 Å². The summed E-state index contributed by atoms with van der Waals surface area (Å²) in [5.41, 5.74) is 8.01. The lowest BCUT2D eigenvalue weighted by molar-refractivity contribution is 0.0696. The summed E-state index contributed by atoms with van der Waals surface area (Å²) in [6.07, 6.45) is 6.77. The number of aryl methyl sites for hydroxylation is 2. The molecular weight excluding hydrogens is 512 g/mol. The van der Waals surface area contributed by atoms with Crippen molar-refractivity contribution >= 4 is 27.8 Å². The molecule has 3 atom stereocenters. The fourth-order valence-electron chi connectivity index (χ4n) is 7.53. The maximum absolute atomic E-state index is 13.7. The van der Waals surface area contributed by atoms with E-state index in [-0.39, 0.29) is 5.91 Å². The first-order valence-corrected chi connectivity index (χ1v) is 14.9. The number of piperidine rings is 1. The Labute approximate surface area is 239 Å². The lowest BCUT2D eigenvalue weighted by Crippen LogP contribution is -2.38. The normalized spacial score (nSPS) is 22.0. The number of aromatic nitrogens is 5. The number of likely N-dealkylation sites (tertiary alicyclic amines) is 1. The number of carbonyl (C=O) groups excluding carboxylic acids is 1. The summed E-state index contributed by atoms with van der Waals surface area (Å²) in [6, 6.07) is 13.1. The summed E-state index contributed by atoms with van der Waals surface area (Å²) in [5, 5.41) is 8.50. The fourth-order valence-corrected chi connectivity index (χ4v) is 7.53. The zero-order valence-corrected chi connectivity index (χ0v) is 24.1. The molecule has 0 radical (unpaired) electrons. The first-order valence-electron chi connectivity index (χ1n) is 14.9. The molecule has 2 aromatic carbocycles. The summed E-state index contributed by atoms with van der Waals surface area (Å²) in [4.78, 5) is 21.0. The summed E-state index contributed by atoms with van der Waals surface area (Å²) in [7, 11) is 3.73. The predicted octanol–water partition coefficient (Wildman–Crippen LogP) is 6.18. The number of aromatic amines is 1. The van der Waals surface area contributed by atoms with Gasteiger partial charge >= 0.3 is 0 Å². The van der Waals surface area contributed by atoms with Gasteiger partial charge in [-0.05, 0) is 80.2 Å². The van der Waals surface area contributed by atoms with Gasteiger partial charge in [0, 0.05) is 53.9 Å². The van der Waals surface area contributed by atoms with Crippen LogP contribution in [0.25, 0.3) is 44.6 Å². The zero-order chi connectivity index (χ0) is 28.0. The van der Waals surface area contributed by atoms with Crippen molar-refractivity contribution in [1.82, 2.24) is 29.2 Å². The van der Waals surface area contributed by atoms with Gasteiger partial charge in [0.05, 0.1) is 24.5 Å². The van der Waals surface area contributed by atoms with Crippen molar-refractivity contribution in [3.8, 4) is 28.4 Å². The highest BCUT2D eigenvalue weighted by Crippen LogP contribution is 2.44. The van der Waals surface area contributed by atoms with E-state index in [4.69, 9.17) is 9.72 Å². The number of nitrogens with one attached hydrogen (secondary N) is 1. The van der Waals surface area contributed by atoms with Crippen molar-refractivity contribution in [3.05, 3.63) is 53.9 Å². The van der Waals surface area contributed by atoms with Gasteiger partial charge < -0.3 is 18.8 Å². The third-order valence-corrected chi connectivity index (χ3v) is 10.1. The van der Waals surface area contributed by atoms with Gasteiger partial charge in [-0.25, -0.2) is 4.98 Å². The van der Waals surface area contributed by atoms with Crippen molar-refractivity contribution < 1.29 is 9.53 Å². The fraction of sp³-hybridized carbons (Fsp3) is 0.424. The molecule has 8 heteroatoms. The number of imidazole rings is 1. The maximum Gasteiger partial charge on any atom is 0.254 e. The molecule has 2 aliphatic carbocycles. The number of ether oxygens (including phenoxy) is 1. The van der Waals surface area contributed by atoms with Crippen molar-refractivity contribution in [2.24, 2.45) is 24.8 Å². The smallest absolute Gasteiger partial charge is 0.254 e. The van der Waals surface area contributed by atoms with E-state index in [9.17, 15) is 4.79 Å². The van der Waals surface area contributed by atoms with Gasteiger partial charge in [0.25, 0.3) is 5.91 Å². The first kappa shape index (κ1) is 24.7. The van der Waals surface area contributed by atoms with E-state index < -0.39 is 0 Å². The molecule has 1 amide bonds. The van der Waals surface area contributed by atoms with Crippen molar-refractivity contribution in [2.45, 2.75) is 52.1 Å². The predicted molar refractivity (Wildman–Crippen MR) is 160 cm³/mol. The number of fused-ring (bicyclic) bond motifs is 4. The van der Waals surface area contributed by atoms with Crippen LogP contribution in [-0.2, 0) is 13.6 Å². The molecule has 8 nitrogen and oxygen atoms in total. The molecule has 2 bridgehead atoms. The minimum absolute atomic E-state index is 0.0985. The Bertz CT molecular complexity index is 1840. The van der Waals surface area contributed by atoms with Gasteiger partial charge in [-0.3, -0.25) is 9.89 Å². The van der Waals surface area contributed by atoms with Gasteiger partial charge in [-0.1, -0.05) is 19.1 Å². The van der Waals surface area contributed by atoms with E-state index in [1.54, 1.807) is 7.11 Å². The molecule has 1 saturated heterocycles. The Kier molecular flexibility index (Phi) is 5.40.